The normalized spacial score (nSPS) is 15.8. The van der Waals surface area contributed by atoms with Crippen molar-refractivity contribution in [2.24, 2.45) is 0 Å². The van der Waals surface area contributed by atoms with Gasteiger partial charge in [0, 0.05) is 0 Å². The molecular formula is C15H31Cl2NTi. The van der Waals surface area contributed by atoms with Crippen molar-refractivity contribution < 1.29 is 16.6 Å². The smallest absolute Gasteiger partial charge is 0.147 e. The van der Waals surface area contributed by atoms with E-state index in [1.54, 1.807) is 0 Å². The van der Waals surface area contributed by atoms with E-state index in [1.807, 2.05) is 3.88 Å². The van der Waals surface area contributed by atoms with Crippen LogP contribution >= 0.6 is 24.8 Å². The number of halogens is 2. The number of rotatable bonds is 7. The first-order valence-electron chi connectivity index (χ1n) is 7.11. The molecule has 0 saturated carbocycles. The van der Waals surface area contributed by atoms with Crippen LogP contribution < -0.4 is 0 Å². The Balaban J connectivity index is 0. The van der Waals surface area contributed by atoms with Crippen molar-refractivity contribution in [1.82, 2.24) is 4.90 Å². The van der Waals surface area contributed by atoms with Gasteiger partial charge in [0.1, 0.15) is 0 Å². The van der Waals surface area contributed by atoms with Gasteiger partial charge in [-0.15, -0.1) is 24.8 Å². The molecule has 0 aromatic rings. The zero-order valence-corrected chi connectivity index (χ0v) is 16.3. The Labute approximate surface area is 136 Å². The molecule has 0 aromatic heterocycles. The zero-order valence-electron chi connectivity index (χ0n) is 13.1. The molecule has 0 bridgehead atoms. The molecule has 0 radical (unpaired) electrons. The van der Waals surface area contributed by atoms with Gasteiger partial charge >= 0.3 is 112 Å². The second-order valence-corrected chi connectivity index (χ2v) is 13.1. The van der Waals surface area contributed by atoms with Crippen LogP contribution in [0.2, 0.25) is 9.45 Å². The van der Waals surface area contributed by atoms with E-state index < -0.39 is 16.6 Å². The minimum Gasteiger partial charge on any atom is -0.147 e. The molecule has 0 aliphatic heterocycles. The minimum atomic E-state index is -1.90. The SMILES string of the molecule is CC[CH2][Ti]([CH2]CC)([C]1=CC=CC1)[CH](C)N(C)C.Cl.Cl. The van der Waals surface area contributed by atoms with E-state index in [1.165, 1.54) is 28.7 Å². The van der Waals surface area contributed by atoms with Gasteiger partial charge in [-0.05, 0) is 0 Å². The summed E-state index contributed by atoms with van der Waals surface area (Å²) in [5, 5.41) is 0. The number of nitrogens with zero attached hydrogens (tertiary/aromatic N) is 1. The van der Waals surface area contributed by atoms with Crippen molar-refractivity contribution in [2.75, 3.05) is 14.1 Å². The summed E-state index contributed by atoms with van der Waals surface area (Å²) in [7, 11) is 4.53. The molecule has 0 aromatic carbocycles. The standard InChI is InChI=1S/C5H5.C4H10N.2C3H7.2ClH.Ti/c1-2-4-5-3-1;1-4-5(2)3;2*1-3-2;;;/h1-3H,4H2;4H,1-3H3;2*1,3H2,2H3;2*1H;. The maximum Gasteiger partial charge on any atom is -0.147 e. The van der Waals surface area contributed by atoms with Crippen molar-refractivity contribution in [3.8, 4) is 0 Å². The van der Waals surface area contributed by atoms with Crippen molar-refractivity contribution >= 4 is 24.8 Å². The Bertz CT molecular complexity index is 295. The Morgan fingerprint density at radius 2 is 1.68 bits per heavy atom. The van der Waals surface area contributed by atoms with Crippen LogP contribution in [0.1, 0.15) is 40.0 Å². The third-order valence-corrected chi connectivity index (χ3v) is 14.6. The van der Waals surface area contributed by atoms with Crippen LogP contribution in [-0.2, 0) is 16.6 Å². The molecule has 1 atom stereocenters. The van der Waals surface area contributed by atoms with E-state index >= 15 is 0 Å². The van der Waals surface area contributed by atoms with E-state index in [-0.39, 0.29) is 24.8 Å². The van der Waals surface area contributed by atoms with Crippen LogP contribution in [0.3, 0.4) is 0 Å². The number of allylic oxidation sites excluding steroid dienone is 4. The largest absolute Gasteiger partial charge is 0.147 e. The molecule has 1 aliphatic carbocycles. The summed E-state index contributed by atoms with van der Waals surface area (Å²) < 4.78 is 5.65. The van der Waals surface area contributed by atoms with Crippen LogP contribution in [-0.4, -0.2) is 23.3 Å². The van der Waals surface area contributed by atoms with Crippen molar-refractivity contribution in [1.29, 1.82) is 0 Å². The van der Waals surface area contributed by atoms with Crippen LogP contribution in [0.15, 0.2) is 22.1 Å². The van der Waals surface area contributed by atoms with Gasteiger partial charge in [0.25, 0.3) is 0 Å². The zero-order chi connectivity index (χ0) is 12.9. The molecule has 0 N–H and O–H groups in total. The third kappa shape index (κ3) is 5.21. The fraction of sp³-hybridized carbons (Fsp3) is 0.733. The predicted octanol–water partition coefficient (Wildman–Crippen LogP) is 5.39. The van der Waals surface area contributed by atoms with Crippen molar-refractivity contribution in [3.63, 3.8) is 0 Å². The van der Waals surface area contributed by atoms with Crippen LogP contribution in [0.25, 0.3) is 0 Å². The number of hydrogen-bond acceptors (Lipinski definition) is 1. The molecule has 114 valence electrons. The molecule has 1 unspecified atom stereocenters. The van der Waals surface area contributed by atoms with Gasteiger partial charge in [-0.3, -0.25) is 0 Å². The third-order valence-electron chi connectivity index (χ3n) is 4.38. The predicted molar refractivity (Wildman–Crippen MR) is 89.7 cm³/mol. The maximum absolute atomic E-state index is 2.48. The first kappa shape index (κ1) is 22.0. The summed E-state index contributed by atoms with van der Waals surface area (Å²) in [5.74, 6) is 0. The average molecular weight is 344 g/mol. The summed E-state index contributed by atoms with van der Waals surface area (Å²) in [4.78, 5) is 2.48. The Morgan fingerprint density at radius 3 is 2.00 bits per heavy atom. The summed E-state index contributed by atoms with van der Waals surface area (Å²) in [6.07, 6.45) is 11.0. The quantitative estimate of drug-likeness (QED) is 0.560. The van der Waals surface area contributed by atoms with E-state index in [4.69, 9.17) is 0 Å². The van der Waals surface area contributed by atoms with Gasteiger partial charge in [-0.1, -0.05) is 0 Å². The summed E-state index contributed by atoms with van der Waals surface area (Å²) in [6, 6.07) is 0. The van der Waals surface area contributed by atoms with E-state index in [2.05, 4.69) is 58.0 Å². The van der Waals surface area contributed by atoms with Crippen LogP contribution in [0, 0.1) is 0 Å². The molecule has 0 heterocycles. The van der Waals surface area contributed by atoms with Gasteiger partial charge < -0.3 is 0 Å². The molecule has 4 heteroatoms. The van der Waals surface area contributed by atoms with E-state index in [0.717, 1.165) is 4.35 Å². The topological polar surface area (TPSA) is 3.24 Å². The molecule has 1 nitrogen and oxygen atoms in total. The van der Waals surface area contributed by atoms with Crippen molar-refractivity contribution in [3.05, 3.63) is 22.1 Å². The van der Waals surface area contributed by atoms with Crippen LogP contribution in [0.5, 0.6) is 0 Å². The van der Waals surface area contributed by atoms with Crippen LogP contribution in [0.4, 0.5) is 0 Å². The first-order valence-corrected chi connectivity index (χ1v) is 11.0. The minimum absolute atomic E-state index is 0. The molecule has 0 saturated heterocycles. The maximum atomic E-state index is 2.48. The van der Waals surface area contributed by atoms with Gasteiger partial charge in [-0.2, -0.15) is 0 Å². The Hall–Kier alpha value is 0.734. The second kappa shape index (κ2) is 10.5. The van der Waals surface area contributed by atoms with E-state index in [0.29, 0.717) is 0 Å². The Morgan fingerprint density at radius 1 is 1.16 bits per heavy atom. The monoisotopic (exact) mass is 343 g/mol. The second-order valence-electron chi connectivity index (χ2n) is 5.62. The fourth-order valence-corrected chi connectivity index (χ4v) is 12.7. The van der Waals surface area contributed by atoms with Crippen molar-refractivity contribution in [2.45, 2.75) is 53.8 Å². The number of hydrogen-bond donors (Lipinski definition) is 0. The fourth-order valence-electron chi connectivity index (χ4n) is 3.34. The molecule has 19 heavy (non-hydrogen) atoms. The summed E-state index contributed by atoms with van der Waals surface area (Å²) >= 11 is -1.90. The molecule has 0 fully saturated rings. The van der Waals surface area contributed by atoms with Gasteiger partial charge in [-0.25, -0.2) is 0 Å². The van der Waals surface area contributed by atoms with Gasteiger partial charge in [0.05, 0.1) is 0 Å². The van der Waals surface area contributed by atoms with Gasteiger partial charge in [0.2, 0.25) is 0 Å². The molecule has 0 amide bonds. The molecular weight excluding hydrogens is 313 g/mol. The summed E-state index contributed by atoms with van der Waals surface area (Å²) in [6.45, 7) is 7.20. The first-order chi connectivity index (χ1) is 8.08. The molecule has 0 spiro atoms. The van der Waals surface area contributed by atoms with E-state index in [9.17, 15) is 0 Å². The average Bonchev–Trinajstić information content (AvgIpc) is 2.81. The molecule has 1 rings (SSSR count). The Kier molecular flexibility index (Phi) is 12.1. The summed E-state index contributed by atoms with van der Waals surface area (Å²) in [5.41, 5.74) is 0. The molecule has 1 aliphatic rings. The van der Waals surface area contributed by atoms with Gasteiger partial charge in [0.15, 0.2) is 0 Å².